The van der Waals surface area contributed by atoms with Crippen LogP contribution in [-0.2, 0) is 29.0 Å². The summed E-state index contributed by atoms with van der Waals surface area (Å²) in [5.41, 5.74) is 3.31. The van der Waals surface area contributed by atoms with Crippen molar-refractivity contribution in [1.29, 1.82) is 0 Å². The summed E-state index contributed by atoms with van der Waals surface area (Å²) < 4.78 is 0. The lowest BCUT2D eigenvalue weighted by Crippen LogP contribution is -2.55. The normalized spacial score (nSPS) is 17.6. The van der Waals surface area contributed by atoms with Gasteiger partial charge in [0.1, 0.15) is 6.04 Å². The van der Waals surface area contributed by atoms with Gasteiger partial charge in [-0.1, -0.05) is 54.6 Å². The minimum atomic E-state index is -0.952. The van der Waals surface area contributed by atoms with Gasteiger partial charge in [-0.05, 0) is 43.4 Å². The number of carbonyl (C=O) groups excluding carboxylic acids is 1. The summed E-state index contributed by atoms with van der Waals surface area (Å²) in [6, 6.07) is 16.9. The maximum atomic E-state index is 13.0. The van der Waals surface area contributed by atoms with Crippen LogP contribution < -0.4 is 5.32 Å². The molecule has 0 aliphatic carbocycles. The zero-order valence-electron chi connectivity index (χ0n) is 16.9. The van der Waals surface area contributed by atoms with Crippen molar-refractivity contribution < 1.29 is 14.7 Å². The summed E-state index contributed by atoms with van der Waals surface area (Å²) in [6.45, 7) is 4.23. The maximum Gasteiger partial charge on any atom is 0.326 e. The van der Waals surface area contributed by atoms with Crippen molar-refractivity contribution in [2.24, 2.45) is 0 Å². The number of nitrogens with one attached hydrogen (secondary N) is 1. The molecule has 2 aromatic carbocycles. The van der Waals surface area contributed by atoms with Gasteiger partial charge in [0.05, 0.1) is 6.04 Å². The number of amides is 1. The largest absolute Gasteiger partial charge is 0.480 e. The zero-order valence-corrected chi connectivity index (χ0v) is 17.7. The Kier molecular flexibility index (Phi) is 8.23. The molecule has 1 amide bonds. The quantitative estimate of drug-likeness (QED) is 0.725. The molecule has 2 aromatic rings. The molecule has 1 aliphatic heterocycles. The van der Waals surface area contributed by atoms with Gasteiger partial charge in [0, 0.05) is 19.0 Å². The van der Waals surface area contributed by atoms with E-state index in [2.05, 4.69) is 24.4 Å². The average Bonchev–Trinajstić information content (AvgIpc) is 2.71. The lowest BCUT2D eigenvalue weighted by atomic mass is 9.93. The van der Waals surface area contributed by atoms with Crippen LogP contribution in [0.25, 0.3) is 0 Å². The molecule has 1 aliphatic rings. The number of aliphatic carboxylic acids is 1. The number of carbonyl (C=O) groups is 2. The number of hydrogen-bond acceptors (Lipinski definition) is 3. The molecule has 0 unspecified atom stereocenters. The van der Waals surface area contributed by atoms with Gasteiger partial charge in [-0.15, -0.1) is 12.4 Å². The first-order chi connectivity index (χ1) is 13.5. The van der Waals surface area contributed by atoms with E-state index in [0.717, 1.165) is 24.0 Å². The molecule has 0 saturated carbocycles. The highest BCUT2D eigenvalue weighted by atomic mass is 35.5. The predicted octanol–water partition coefficient (Wildman–Crippen LogP) is 3.45. The summed E-state index contributed by atoms with van der Waals surface area (Å²) in [5.74, 6) is -1.11. The SMILES string of the molecule is C[C@H](CCc1ccccc1)N[C@@H](C)C(=O)N1Cc2ccccc2C[C@H]1C(=O)O.Cl. The third-order valence-corrected chi connectivity index (χ3v) is 5.43. The number of nitrogens with zero attached hydrogens (tertiary/aromatic N) is 1. The molecule has 156 valence electrons. The van der Waals surface area contributed by atoms with Gasteiger partial charge in [0.15, 0.2) is 0 Å². The van der Waals surface area contributed by atoms with E-state index >= 15 is 0 Å². The second-order valence-corrected chi connectivity index (χ2v) is 7.61. The Hall–Kier alpha value is -2.37. The predicted molar refractivity (Wildman–Crippen MR) is 116 cm³/mol. The fraction of sp³-hybridized carbons (Fsp3) is 0.391. The van der Waals surface area contributed by atoms with Crippen molar-refractivity contribution in [2.75, 3.05) is 0 Å². The number of benzene rings is 2. The number of carboxylic acid groups (broad SMARTS) is 1. The Morgan fingerprint density at radius 1 is 1.07 bits per heavy atom. The lowest BCUT2D eigenvalue weighted by molar-refractivity contribution is -0.152. The van der Waals surface area contributed by atoms with Crippen molar-refractivity contribution in [3.8, 4) is 0 Å². The second-order valence-electron chi connectivity index (χ2n) is 7.61. The number of rotatable bonds is 7. The minimum Gasteiger partial charge on any atom is -0.480 e. The third kappa shape index (κ3) is 5.81. The van der Waals surface area contributed by atoms with Crippen LogP contribution in [0.5, 0.6) is 0 Å². The summed E-state index contributed by atoms with van der Waals surface area (Å²) in [5, 5.41) is 13.0. The van der Waals surface area contributed by atoms with Crippen LogP contribution >= 0.6 is 12.4 Å². The molecule has 3 atom stereocenters. The molecule has 1 heterocycles. The first-order valence-corrected chi connectivity index (χ1v) is 9.85. The standard InChI is InChI=1S/C23H28N2O3.ClH/c1-16(12-13-18-8-4-3-5-9-18)24-17(2)22(26)25-15-20-11-7-6-10-19(20)14-21(25)23(27)28;/h3-11,16-17,21,24H,12-15H2,1-2H3,(H,27,28);1H/t16-,17+,21+;/m1./s1. The Morgan fingerprint density at radius 2 is 1.69 bits per heavy atom. The van der Waals surface area contributed by atoms with Crippen LogP contribution in [-0.4, -0.2) is 40.0 Å². The smallest absolute Gasteiger partial charge is 0.326 e. The van der Waals surface area contributed by atoms with Crippen molar-refractivity contribution in [1.82, 2.24) is 10.2 Å². The van der Waals surface area contributed by atoms with E-state index in [9.17, 15) is 14.7 Å². The second kappa shape index (κ2) is 10.4. The summed E-state index contributed by atoms with van der Waals surface area (Å²) in [4.78, 5) is 26.3. The van der Waals surface area contributed by atoms with Crippen molar-refractivity contribution in [3.63, 3.8) is 0 Å². The molecule has 0 fully saturated rings. The fourth-order valence-corrected chi connectivity index (χ4v) is 3.83. The Labute approximate surface area is 178 Å². The Morgan fingerprint density at radius 3 is 2.34 bits per heavy atom. The van der Waals surface area contributed by atoms with Crippen LogP contribution in [0.15, 0.2) is 54.6 Å². The van der Waals surface area contributed by atoms with Crippen LogP contribution in [0, 0.1) is 0 Å². The first-order valence-electron chi connectivity index (χ1n) is 9.85. The van der Waals surface area contributed by atoms with E-state index in [1.807, 2.05) is 49.4 Å². The van der Waals surface area contributed by atoms with Crippen molar-refractivity contribution in [2.45, 2.75) is 57.8 Å². The molecule has 29 heavy (non-hydrogen) atoms. The van der Waals surface area contributed by atoms with Gasteiger partial charge in [0.2, 0.25) is 5.91 Å². The van der Waals surface area contributed by atoms with E-state index in [-0.39, 0.29) is 24.4 Å². The van der Waals surface area contributed by atoms with Gasteiger partial charge in [0.25, 0.3) is 0 Å². The van der Waals surface area contributed by atoms with Crippen LogP contribution in [0.4, 0.5) is 0 Å². The van der Waals surface area contributed by atoms with E-state index in [0.29, 0.717) is 13.0 Å². The van der Waals surface area contributed by atoms with Crippen molar-refractivity contribution in [3.05, 3.63) is 71.3 Å². The number of fused-ring (bicyclic) bond motifs is 1. The van der Waals surface area contributed by atoms with Crippen LogP contribution in [0.1, 0.15) is 37.0 Å². The van der Waals surface area contributed by atoms with Crippen LogP contribution in [0.2, 0.25) is 0 Å². The van der Waals surface area contributed by atoms with E-state index in [4.69, 9.17) is 0 Å². The molecule has 0 spiro atoms. The zero-order chi connectivity index (χ0) is 20.1. The third-order valence-electron chi connectivity index (χ3n) is 5.43. The van der Waals surface area contributed by atoms with Crippen molar-refractivity contribution >= 4 is 24.3 Å². The monoisotopic (exact) mass is 416 g/mol. The van der Waals surface area contributed by atoms with Gasteiger partial charge in [-0.2, -0.15) is 0 Å². The molecule has 5 nitrogen and oxygen atoms in total. The molecular formula is C23H29ClN2O3. The molecule has 3 rings (SSSR count). The highest BCUT2D eigenvalue weighted by Gasteiger charge is 2.36. The fourth-order valence-electron chi connectivity index (χ4n) is 3.83. The minimum absolute atomic E-state index is 0. The topological polar surface area (TPSA) is 69.6 Å². The number of halogens is 1. The molecule has 0 bridgehead atoms. The lowest BCUT2D eigenvalue weighted by Gasteiger charge is -2.36. The molecule has 0 radical (unpaired) electrons. The Bertz CT molecular complexity index is 828. The first kappa shape index (κ1) is 22.9. The van der Waals surface area contributed by atoms with Gasteiger partial charge in [-0.3, -0.25) is 4.79 Å². The highest BCUT2D eigenvalue weighted by molar-refractivity contribution is 5.87. The summed E-state index contributed by atoms with van der Waals surface area (Å²) in [7, 11) is 0. The number of aryl methyl sites for hydroxylation is 1. The number of carboxylic acids is 1. The summed E-state index contributed by atoms with van der Waals surface area (Å²) >= 11 is 0. The molecular weight excluding hydrogens is 388 g/mol. The van der Waals surface area contributed by atoms with E-state index < -0.39 is 18.1 Å². The van der Waals surface area contributed by atoms with Gasteiger partial charge < -0.3 is 15.3 Å². The summed E-state index contributed by atoms with van der Waals surface area (Å²) in [6.07, 6.45) is 2.20. The molecule has 6 heteroatoms. The number of hydrogen-bond donors (Lipinski definition) is 2. The average molecular weight is 417 g/mol. The van der Waals surface area contributed by atoms with E-state index in [1.54, 1.807) is 0 Å². The van der Waals surface area contributed by atoms with Gasteiger partial charge >= 0.3 is 5.97 Å². The molecule has 2 N–H and O–H groups in total. The Balaban J connectivity index is 0.00000300. The van der Waals surface area contributed by atoms with Gasteiger partial charge in [-0.25, -0.2) is 4.79 Å². The van der Waals surface area contributed by atoms with Crippen LogP contribution in [0.3, 0.4) is 0 Å². The molecule has 0 saturated heterocycles. The molecule has 0 aromatic heterocycles. The highest BCUT2D eigenvalue weighted by Crippen LogP contribution is 2.24. The van der Waals surface area contributed by atoms with E-state index in [1.165, 1.54) is 10.5 Å². The maximum absolute atomic E-state index is 13.0.